The second kappa shape index (κ2) is 7.27. The van der Waals surface area contributed by atoms with Crippen molar-refractivity contribution in [2.24, 2.45) is 5.73 Å². The number of primary amides is 1. The summed E-state index contributed by atoms with van der Waals surface area (Å²) < 4.78 is 5.34. The predicted molar refractivity (Wildman–Crippen MR) is 90.2 cm³/mol. The third-order valence-electron chi connectivity index (χ3n) is 4.21. The first-order valence-electron chi connectivity index (χ1n) is 7.96. The summed E-state index contributed by atoms with van der Waals surface area (Å²) in [6.45, 7) is 0.971. The van der Waals surface area contributed by atoms with E-state index < -0.39 is 17.9 Å². The van der Waals surface area contributed by atoms with E-state index in [0.717, 1.165) is 11.1 Å². The summed E-state index contributed by atoms with van der Waals surface area (Å²) in [6.07, 6.45) is -0.741. The van der Waals surface area contributed by atoms with Gasteiger partial charge in [-0.3, -0.25) is 9.59 Å². The minimum absolute atomic E-state index is 0.0399. The van der Waals surface area contributed by atoms with Gasteiger partial charge in [0.1, 0.15) is 0 Å². The lowest BCUT2D eigenvalue weighted by molar-refractivity contribution is -0.145. The van der Waals surface area contributed by atoms with Crippen LogP contribution in [0.3, 0.4) is 0 Å². The first-order valence-corrected chi connectivity index (χ1v) is 7.96. The standard InChI is InChI=1S/C19H20N2O3/c20-18(22)16-13-21(11-12-24-16)19(23)17(14-7-3-1-4-8-14)15-9-5-2-6-10-15/h1-10,16-17H,11-13H2,(H2,20,22)/t16-/m0/s1. The van der Waals surface area contributed by atoms with Gasteiger partial charge in [0.15, 0.2) is 6.10 Å². The number of hydrogen-bond donors (Lipinski definition) is 1. The van der Waals surface area contributed by atoms with Gasteiger partial charge in [0.25, 0.3) is 0 Å². The fourth-order valence-electron chi connectivity index (χ4n) is 2.97. The highest BCUT2D eigenvalue weighted by Crippen LogP contribution is 2.27. The molecule has 5 heteroatoms. The molecule has 0 unspecified atom stereocenters. The van der Waals surface area contributed by atoms with Crippen LogP contribution in [0.1, 0.15) is 17.0 Å². The molecule has 1 aliphatic rings. The summed E-state index contributed by atoms with van der Waals surface area (Å²) in [5, 5.41) is 0. The Morgan fingerprint density at radius 1 is 1.00 bits per heavy atom. The molecule has 2 amide bonds. The van der Waals surface area contributed by atoms with Crippen LogP contribution in [0.4, 0.5) is 0 Å². The van der Waals surface area contributed by atoms with Crippen molar-refractivity contribution in [1.29, 1.82) is 0 Å². The zero-order valence-corrected chi connectivity index (χ0v) is 13.3. The molecular weight excluding hydrogens is 304 g/mol. The van der Waals surface area contributed by atoms with E-state index in [1.165, 1.54) is 0 Å². The normalized spacial score (nSPS) is 17.7. The maximum Gasteiger partial charge on any atom is 0.248 e. The number of rotatable bonds is 4. The Labute approximate surface area is 141 Å². The third-order valence-corrected chi connectivity index (χ3v) is 4.21. The van der Waals surface area contributed by atoms with Crippen molar-refractivity contribution >= 4 is 11.8 Å². The first-order chi connectivity index (χ1) is 11.7. The molecule has 0 aromatic heterocycles. The van der Waals surface area contributed by atoms with Gasteiger partial charge in [0, 0.05) is 6.54 Å². The number of nitrogens with zero attached hydrogens (tertiary/aromatic N) is 1. The van der Waals surface area contributed by atoms with Crippen LogP contribution in [-0.2, 0) is 14.3 Å². The minimum Gasteiger partial charge on any atom is -0.367 e. The van der Waals surface area contributed by atoms with E-state index in [1.807, 2.05) is 60.7 Å². The van der Waals surface area contributed by atoms with Crippen molar-refractivity contribution in [2.75, 3.05) is 19.7 Å². The summed E-state index contributed by atoms with van der Waals surface area (Å²) in [6, 6.07) is 19.3. The fourth-order valence-corrected chi connectivity index (χ4v) is 2.97. The number of morpholine rings is 1. The average molecular weight is 324 g/mol. The van der Waals surface area contributed by atoms with Gasteiger partial charge < -0.3 is 15.4 Å². The van der Waals surface area contributed by atoms with Crippen LogP contribution in [0.2, 0.25) is 0 Å². The van der Waals surface area contributed by atoms with E-state index in [2.05, 4.69) is 0 Å². The van der Waals surface area contributed by atoms with Crippen LogP contribution in [0, 0.1) is 0 Å². The summed E-state index contributed by atoms with van der Waals surface area (Å²) in [5.41, 5.74) is 7.18. The topological polar surface area (TPSA) is 72.6 Å². The minimum atomic E-state index is -0.741. The Morgan fingerprint density at radius 2 is 1.54 bits per heavy atom. The number of amides is 2. The molecule has 1 aliphatic heterocycles. The molecule has 0 saturated carbocycles. The number of hydrogen-bond acceptors (Lipinski definition) is 3. The van der Waals surface area contributed by atoms with Gasteiger partial charge in [-0.2, -0.15) is 0 Å². The zero-order valence-electron chi connectivity index (χ0n) is 13.3. The van der Waals surface area contributed by atoms with E-state index in [1.54, 1.807) is 4.90 Å². The maximum absolute atomic E-state index is 13.2. The van der Waals surface area contributed by atoms with Gasteiger partial charge in [-0.15, -0.1) is 0 Å². The number of nitrogens with two attached hydrogens (primary N) is 1. The van der Waals surface area contributed by atoms with Crippen molar-refractivity contribution in [3.8, 4) is 0 Å². The molecule has 1 heterocycles. The summed E-state index contributed by atoms with van der Waals surface area (Å²) in [4.78, 5) is 26.2. The van der Waals surface area contributed by atoms with E-state index in [4.69, 9.17) is 10.5 Å². The maximum atomic E-state index is 13.2. The van der Waals surface area contributed by atoms with Gasteiger partial charge in [0.2, 0.25) is 11.8 Å². The lowest BCUT2D eigenvalue weighted by Gasteiger charge is -2.34. The fraction of sp³-hybridized carbons (Fsp3) is 0.263. The second-order valence-electron chi connectivity index (χ2n) is 5.80. The number of carbonyl (C=O) groups excluding carboxylic acids is 2. The molecule has 1 saturated heterocycles. The molecule has 0 aliphatic carbocycles. The van der Waals surface area contributed by atoms with E-state index in [0.29, 0.717) is 13.2 Å². The molecule has 3 rings (SSSR count). The van der Waals surface area contributed by atoms with Gasteiger partial charge in [0.05, 0.1) is 19.1 Å². The van der Waals surface area contributed by atoms with Crippen LogP contribution < -0.4 is 5.73 Å². The van der Waals surface area contributed by atoms with Crippen LogP contribution >= 0.6 is 0 Å². The molecule has 2 aromatic carbocycles. The summed E-state index contributed by atoms with van der Waals surface area (Å²) >= 11 is 0. The molecule has 1 fully saturated rings. The van der Waals surface area contributed by atoms with Crippen molar-refractivity contribution in [1.82, 2.24) is 4.90 Å². The Bertz CT molecular complexity index is 664. The molecule has 0 spiro atoms. The second-order valence-corrected chi connectivity index (χ2v) is 5.80. The molecule has 1 atom stereocenters. The molecule has 0 bridgehead atoms. The monoisotopic (exact) mass is 324 g/mol. The lowest BCUT2D eigenvalue weighted by Crippen LogP contribution is -2.51. The smallest absolute Gasteiger partial charge is 0.248 e. The SMILES string of the molecule is NC(=O)[C@@H]1CN(C(=O)C(c2ccccc2)c2ccccc2)CCO1. The Balaban J connectivity index is 1.91. The first kappa shape index (κ1) is 16.2. The van der Waals surface area contributed by atoms with Gasteiger partial charge in [-0.25, -0.2) is 0 Å². The molecule has 5 nitrogen and oxygen atoms in total. The molecule has 2 aromatic rings. The van der Waals surface area contributed by atoms with E-state index >= 15 is 0 Å². The number of benzene rings is 2. The van der Waals surface area contributed by atoms with Crippen molar-refractivity contribution in [3.63, 3.8) is 0 Å². The van der Waals surface area contributed by atoms with Gasteiger partial charge >= 0.3 is 0 Å². The Kier molecular flexibility index (Phi) is 4.91. The lowest BCUT2D eigenvalue weighted by atomic mass is 9.90. The largest absolute Gasteiger partial charge is 0.367 e. The van der Waals surface area contributed by atoms with Crippen LogP contribution in [-0.4, -0.2) is 42.5 Å². The van der Waals surface area contributed by atoms with Crippen molar-refractivity contribution in [3.05, 3.63) is 71.8 Å². The highest BCUT2D eigenvalue weighted by atomic mass is 16.5. The number of carbonyl (C=O) groups is 2. The average Bonchev–Trinajstić information content (AvgIpc) is 2.64. The van der Waals surface area contributed by atoms with Gasteiger partial charge in [-0.1, -0.05) is 60.7 Å². The summed E-state index contributed by atoms with van der Waals surface area (Å²) in [7, 11) is 0. The zero-order chi connectivity index (χ0) is 16.9. The molecule has 0 radical (unpaired) electrons. The quantitative estimate of drug-likeness (QED) is 0.927. The van der Waals surface area contributed by atoms with Crippen LogP contribution in [0.15, 0.2) is 60.7 Å². The molecule has 2 N–H and O–H groups in total. The highest BCUT2D eigenvalue weighted by Gasteiger charge is 2.33. The Hall–Kier alpha value is -2.66. The molecule has 24 heavy (non-hydrogen) atoms. The molecular formula is C19H20N2O3. The predicted octanol–water partition coefficient (Wildman–Crippen LogP) is 1.53. The van der Waals surface area contributed by atoms with Crippen LogP contribution in [0.5, 0.6) is 0 Å². The van der Waals surface area contributed by atoms with E-state index in [-0.39, 0.29) is 12.5 Å². The van der Waals surface area contributed by atoms with E-state index in [9.17, 15) is 9.59 Å². The third kappa shape index (κ3) is 3.46. The van der Waals surface area contributed by atoms with Gasteiger partial charge in [-0.05, 0) is 11.1 Å². The summed E-state index contributed by atoms with van der Waals surface area (Å²) in [5.74, 6) is -0.982. The van der Waals surface area contributed by atoms with Crippen molar-refractivity contribution < 1.29 is 14.3 Å². The van der Waals surface area contributed by atoms with Crippen molar-refractivity contribution in [2.45, 2.75) is 12.0 Å². The van der Waals surface area contributed by atoms with Crippen LogP contribution in [0.25, 0.3) is 0 Å². The molecule has 124 valence electrons. The number of ether oxygens (including phenoxy) is 1. The highest BCUT2D eigenvalue weighted by molar-refractivity contribution is 5.88. The Morgan fingerprint density at radius 3 is 2.04 bits per heavy atom.